The summed E-state index contributed by atoms with van der Waals surface area (Å²) in [5.74, 6) is 0.453. The molecule has 1 aliphatic heterocycles. The van der Waals surface area contributed by atoms with Gasteiger partial charge in [0.1, 0.15) is 0 Å². The molecule has 184 valence electrons. The molecule has 0 bridgehead atoms. The number of nitrogens with one attached hydrogen (secondary N) is 1. The summed E-state index contributed by atoms with van der Waals surface area (Å²) >= 11 is -2.05. The molecule has 0 saturated carbocycles. The highest BCUT2D eigenvalue weighted by Crippen LogP contribution is 2.27. The maximum Gasteiger partial charge on any atom is 0.245 e. The Hall–Kier alpha value is -3.16. The van der Waals surface area contributed by atoms with E-state index in [-0.39, 0.29) is 0 Å². The van der Waals surface area contributed by atoms with E-state index in [2.05, 4.69) is 20.3 Å². The van der Waals surface area contributed by atoms with Gasteiger partial charge in [-0.3, -0.25) is 14.1 Å². The van der Waals surface area contributed by atoms with Crippen molar-refractivity contribution in [3.63, 3.8) is 0 Å². The highest BCUT2D eigenvalue weighted by molar-refractivity contribution is 7.76. The van der Waals surface area contributed by atoms with Crippen molar-refractivity contribution in [2.24, 2.45) is 0 Å². The molecule has 1 fully saturated rings. The maximum absolute atomic E-state index is 11.4. The quantitative estimate of drug-likeness (QED) is 0.339. The Morgan fingerprint density at radius 3 is 2.80 bits per heavy atom. The molecule has 0 aliphatic carbocycles. The minimum atomic E-state index is -2.05. The van der Waals surface area contributed by atoms with Gasteiger partial charge in [-0.2, -0.15) is 9.40 Å². The molecule has 1 atom stereocenters. The molecule has 1 saturated heterocycles. The Kier molecular flexibility index (Phi) is 7.16. The number of hydrogen-bond donors (Lipinski definition) is 2. The van der Waals surface area contributed by atoms with Crippen LogP contribution in [0.5, 0.6) is 0 Å². The first kappa shape index (κ1) is 23.6. The second-order valence-electron chi connectivity index (χ2n) is 8.38. The topological polar surface area (TPSA) is 113 Å². The molecule has 1 aliphatic rings. The molecule has 0 radical (unpaired) electrons. The summed E-state index contributed by atoms with van der Waals surface area (Å²) in [5.41, 5.74) is 4.39. The van der Waals surface area contributed by atoms with Crippen LogP contribution < -0.4 is 5.32 Å². The number of hydrogen-bond acceptors (Lipinski definition) is 7. The van der Waals surface area contributed by atoms with Crippen LogP contribution in [0.4, 0.5) is 11.6 Å². The largest absolute Gasteiger partial charge is 0.379 e. The van der Waals surface area contributed by atoms with Crippen LogP contribution in [0, 0.1) is 0 Å². The fourth-order valence-corrected chi connectivity index (χ4v) is 4.36. The van der Waals surface area contributed by atoms with Crippen molar-refractivity contribution >= 4 is 28.4 Å². The first-order valence-corrected chi connectivity index (χ1v) is 12.5. The van der Waals surface area contributed by atoms with Gasteiger partial charge in [0.05, 0.1) is 49.1 Å². The van der Waals surface area contributed by atoms with Crippen molar-refractivity contribution in [1.82, 2.24) is 33.6 Å². The molecule has 0 spiro atoms. The van der Waals surface area contributed by atoms with Crippen LogP contribution in [0.25, 0.3) is 16.8 Å². The summed E-state index contributed by atoms with van der Waals surface area (Å²) in [6, 6.07) is 11.7. The van der Waals surface area contributed by atoms with Gasteiger partial charge in [-0.1, -0.05) is 24.3 Å². The third-order valence-electron chi connectivity index (χ3n) is 5.99. The van der Waals surface area contributed by atoms with Gasteiger partial charge < -0.3 is 10.1 Å². The van der Waals surface area contributed by atoms with Crippen LogP contribution >= 0.6 is 0 Å². The first-order valence-electron chi connectivity index (χ1n) is 11.4. The third kappa shape index (κ3) is 5.57. The molecule has 4 aromatic rings. The van der Waals surface area contributed by atoms with Gasteiger partial charge in [0.15, 0.2) is 0 Å². The van der Waals surface area contributed by atoms with E-state index in [1.165, 1.54) is 4.31 Å². The average molecular weight is 497 g/mol. The molecule has 11 nitrogen and oxygen atoms in total. The Bertz CT molecular complexity index is 1320. The van der Waals surface area contributed by atoms with E-state index in [1.807, 2.05) is 51.8 Å². The predicted octanol–water partition coefficient (Wildman–Crippen LogP) is 2.24. The van der Waals surface area contributed by atoms with E-state index in [0.717, 1.165) is 67.4 Å². The summed E-state index contributed by atoms with van der Waals surface area (Å²) in [6.07, 6.45) is 5.48. The van der Waals surface area contributed by atoms with E-state index in [9.17, 15) is 8.76 Å². The van der Waals surface area contributed by atoms with Crippen LogP contribution in [0.3, 0.4) is 0 Å². The van der Waals surface area contributed by atoms with Crippen molar-refractivity contribution in [2.75, 3.05) is 45.2 Å². The molecule has 2 N–H and O–H groups in total. The Labute approximate surface area is 205 Å². The van der Waals surface area contributed by atoms with Crippen molar-refractivity contribution in [1.29, 1.82) is 0 Å². The summed E-state index contributed by atoms with van der Waals surface area (Å²) in [5, 5.41) is 12.4. The fraction of sp³-hybridized carbons (Fsp3) is 0.348. The summed E-state index contributed by atoms with van der Waals surface area (Å²) in [7, 11) is 1.61. The van der Waals surface area contributed by atoms with Gasteiger partial charge in [0.2, 0.25) is 17.2 Å². The number of nitrogens with zero attached hydrogens (tertiary/aromatic N) is 7. The minimum Gasteiger partial charge on any atom is -0.379 e. The zero-order valence-electron chi connectivity index (χ0n) is 19.4. The van der Waals surface area contributed by atoms with Gasteiger partial charge in [-0.15, -0.1) is 5.10 Å². The van der Waals surface area contributed by atoms with E-state index in [4.69, 9.17) is 9.84 Å². The van der Waals surface area contributed by atoms with Crippen molar-refractivity contribution in [3.05, 3.63) is 60.6 Å². The van der Waals surface area contributed by atoms with Gasteiger partial charge in [0, 0.05) is 45.0 Å². The van der Waals surface area contributed by atoms with Gasteiger partial charge in [-0.05, 0) is 17.7 Å². The zero-order chi connectivity index (χ0) is 24.2. The lowest BCUT2D eigenvalue weighted by molar-refractivity contribution is 0.0360. The summed E-state index contributed by atoms with van der Waals surface area (Å²) < 4.78 is 31.4. The predicted molar refractivity (Wildman–Crippen MR) is 133 cm³/mol. The van der Waals surface area contributed by atoms with Crippen molar-refractivity contribution in [2.45, 2.75) is 13.1 Å². The molecular weight excluding hydrogens is 468 g/mol. The van der Waals surface area contributed by atoms with Gasteiger partial charge in [0.25, 0.3) is 0 Å². The molecule has 4 heterocycles. The molecule has 5 rings (SSSR count). The smallest absolute Gasteiger partial charge is 0.245 e. The fourth-order valence-electron chi connectivity index (χ4n) is 4.11. The minimum absolute atomic E-state index is 0.326. The number of fused-ring (bicyclic) bond motifs is 1. The Morgan fingerprint density at radius 1 is 1.14 bits per heavy atom. The number of aromatic nitrogens is 5. The van der Waals surface area contributed by atoms with Crippen molar-refractivity contribution < 1.29 is 13.5 Å². The number of ether oxygens (including phenoxy) is 1. The highest BCUT2D eigenvalue weighted by Gasteiger charge is 2.15. The molecule has 0 amide bonds. The highest BCUT2D eigenvalue weighted by atomic mass is 32.2. The Balaban J connectivity index is 1.33. The van der Waals surface area contributed by atoms with Crippen LogP contribution in [0.15, 0.2) is 55.0 Å². The maximum atomic E-state index is 11.4. The molecular formula is C23H28N8O3S. The van der Waals surface area contributed by atoms with Crippen LogP contribution in [-0.2, 0) is 29.1 Å². The molecule has 1 aromatic carbocycles. The lowest BCUT2D eigenvalue weighted by Crippen LogP contribution is -2.38. The zero-order valence-corrected chi connectivity index (χ0v) is 20.3. The number of morpholine rings is 1. The van der Waals surface area contributed by atoms with Crippen LogP contribution in [0.2, 0.25) is 0 Å². The third-order valence-corrected chi connectivity index (χ3v) is 6.65. The monoisotopic (exact) mass is 496 g/mol. The van der Waals surface area contributed by atoms with E-state index < -0.39 is 11.3 Å². The molecule has 1 unspecified atom stereocenters. The van der Waals surface area contributed by atoms with Crippen molar-refractivity contribution in [3.8, 4) is 11.3 Å². The second-order valence-corrected chi connectivity index (χ2v) is 9.47. The van der Waals surface area contributed by atoms with E-state index in [1.54, 1.807) is 19.4 Å². The van der Waals surface area contributed by atoms with Gasteiger partial charge in [-0.25, -0.2) is 13.7 Å². The summed E-state index contributed by atoms with van der Waals surface area (Å²) in [4.78, 5) is 6.82. The standard InChI is InChI=1S/C23H28N8O3S/c1-28(35(32)33)16-18-4-2-3-5-21(18)22-7-6-20-15-24-23(27-31(20)22)26-19-14-25-30(17-19)9-8-29-10-12-34-13-11-29/h2-7,14-15,17H,8-13,16H2,1H3,(H,26,27)(H,32,33). The SMILES string of the molecule is CN(Cc1ccccc1-c1ccc2cnc(Nc3cnn(CCN4CCOCC4)c3)nn12)S(=O)O. The van der Waals surface area contributed by atoms with Crippen LogP contribution in [-0.4, -0.2) is 82.2 Å². The van der Waals surface area contributed by atoms with E-state index in [0.29, 0.717) is 12.5 Å². The lowest BCUT2D eigenvalue weighted by atomic mass is 10.0. The first-order chi connectivity index (χ1) is 17.1. The lowest BCUT2D eigenvalue weighted by Gasteiger charge is -2.26. The number of anilines is 2. The van der Waals surface area contributed by atoms with E-state index >= 15 is 0 Å². The van der Waals surface area contributed by atoms with Gasteiger partial charge >= 0.3 is 0 Å². The Morgan fingerprint density at radius 2 is 1.97 bits per heavy atom. The normalized spacial score (nSPS) is 15.6. The molecule has 12 heteroatoms. The summed E-state index contributed by atoms with van der Waals surface area (Å²) in [6.45, 7) is 5.54. The second kappa shape index (κ2) is 10.6. The number of rotatable bonds is 9. The average Bonchev–Trinajstić information content (AvgIpc) is 3.50. The molecule has 35 heavy (non-hydrogen) atoms. The molecule has 3 aromatic heterocycles. The number of benzene rings is 1. The van der Waals surface area contributed by atoms with Crippen LogP contribution in [0.1, 0.15) is 5.56 Å².